The Morgan fingerprint density at radius 2 is 2.19 bits per heavy atom. The van der Waals surface area contributed by atoms with Crippen molar-refractivity contribution in [3.05, 3.63) is 28.3 Å². The summed E-state index contributed by atoms with van der Waals surface area (Å²) in [5.74, 6) is 0.975. The normalized spacial score (nSPS) is 17.0. The van der Waals surface area contributed by atoms with Crippen molar-refractivity contribution in [2.45, 2.75) is 38.7 Å². The Balaban J connectivity index is 2.33. The summed E-state index contributed by atoms with van der Waals surface area (Å²) in [6.45, 7) is 4.36. The number of rotatable bonds is 3. The van der Waals surface area contributed by atoms with E-state index in [1.807, 2.05) is 12.1 Å². The van der Waals surface area contributed by atoms with Crippen LogP contribution in [0.25, 0.3) is 0 Å². The maximum absolute atomic E-state index is 8.87. The third-order valence-electron chi connectivity index (χ3n) is 2.81. The molecule has 0 atom stereocenters. The molecule has 1 N–H and O–H groups in total. The van der Waals surface area contributed by atoms with Crippen LogP contribution in [-0.2, 0) is 12.8 Å². The number of aryl methyl sites for hydroxylation is 1. The van der Waals surface area contributed by atoms with Crippen LogP contribution < -0.4 is 4.74 Å². The van der Waals surface area contributed by atoms with E-state index in [1.165, 1.54) is 5.56 Å². The smallest absolute Gasteiger partial charge is 0.126 e. The molecule has 88 valence electrons. The Morgan fingerprint density at radius 1 is 1.44 bits per heavy atom. The zero-order chi connectivity index (χ0) is 11.8. The predicted octanol–water partition coefficient (Wildman–Crippen LogP) is 2.98. The number of aliphatic hydroxyl groups is 1. The van der Waals surface area contributed by atoms with Gasteiger partial charge in [0.2, 0.25) is 0 Å². The van der Waals surface area contributed by atoms with Crippen LogP contribution in [0, 0.1) is 0 Å². The van der Waals surface area contributed by atoms with Gasteiger partial charge in [-0.3, -0.25) is 0 Å². The maximum Gasteiger partial charge on any atom is 0.126 e. The predicted molar refractivity (Wildman–Crippen MR) is 65.3 cm³/mol. The van der Waals surface area contributed by atoms with Crippen molar-refractivity contribution in [3.8, 4) is 5.75 Å². The van der Waals surface area contributed by atoms with E-state index < -0.39 is 0 Å². The highest BCUT2D eigenvalue weighted by atomic mass is 35.5. The number of hydrogen-bond acceptors (Lipinski definition) is 2. The van der Waals surface area contributed by atoms with E-state index >= 15 is 0 Å². The molecule has 0 saturated carbocycles. The highest BCUT2D eigenvalue weighted by molar-refractivity contribution is 6.30. The first-order valence-electron chi connectivity index (χ1n) is 5.63. The number of hydrogen-bond donors (Lipinski definition) is 1. The van der Waals surface area contributed by atoms with Gasteiger partial charge < -0.3 is 9.84 Å². The van der Waals surface area contributed by atoms with Crippen LogP contribution in [-0.4, -0.2) is 17.3 Å². The first kappa shape index (κ1) is 11.7. The molecule has 0 amide bonds. The molecule has 0 aliphatic carbocycles. The quantitative estimate of drug-likeness (QED) is 0.880. The molecule has 1 aromatic carbocycles. The second-order valence-electron chi connectivity index (χ2n) is 4.92. The van der Waals surface area contributed by atoms with Crippen LogP contribution in [0.5, 0.6) is 5.75 Å². The van der Waals surface area contributed by atoms with Gasteiger partial charge in [-0.25, -0.2) is 0 Å². The van der Waals surface area contributed by atoms with Gasteiger partial charge in [0, 0.05) is 18.1 Å². The molecule has 0 saturated heterocycles. The van der Waals surface area contributed by atoms with E-state index in [1.54, 1.807) is 0 Å². The molecule has 0 spiro atoms. The van der Waals surface area contributed by atoms with Crippen LogP contribution >= 0.6 is 11.6 Å². The molecule has 3 heteroatoms. The topological polar surface area (TPSA) is 29.5 Å². The minimum absolute atomic E-state index is 0.138. The first-order valence-corrected chi connectivity index (χ1v) is 6.01. The molecule has 0 radical (unpaired) electrons. The summed E-state index contributed by atoms with van der Waals surface area (Å²) < 4.78 is 5.94. The van der Waals surface area contributed by atoms with Crippen LogP contribution in [0.2, 0.25) is 5.02 Å². The average molecular weight is 241 g/mol. The minimum Gasteiger partial charge on any atom is -0.487 e. The van der Waals surface area contributed by atoms with Gasteiger partial charge in [0.1, 0.15) is 11.4 Å². The van der Waals surface area contributed by atoms with E-state index in [9.17, 15) is 0 Å². The van der Waals surface area contributed by atoms with Gasteiger partial charge in [-0.2, -0.15) is 0 Å². The van der Waals surface area contributed by atoms with Crippen LogP contribution in [0.15, 0.2) is 12.1 Å². The summed E-state index contributed by atoms with van der Waals surface area (Å²) in [5, 5.41) is 9.63. The molecule has 0 unspecified atom stereocenters. The second kappa shape index (κ2) is 4.27. The van der Waals surface area contributed by atoms with Crippen molar-refractivity contribution >= 4 is 11.6 Å². The summed E-state index contributed by atoms with van der Waals surface area (Å²) in [6, 6.07) is 3.92. The molecule has 1 aliphatic rings. The highest BCUT2D eigenvalue weighted by Crippen LogP contribution is 2.39. The number of ether oxygens (including phenoxy) is 1. The fourth-order valence-electron chi connectivity index (χ4n) is 2.20. The molecule has 2 rings (SSSR count). The van der Waals surface area contributed by atoms with Gasteiger partial charge in [-0.1, -0.05) is 11.6 Å². The fourth-order valence-corrected chi connectivity index (χ4v) is 2.46. The zero-order valence-corrected chi connectivity index (χ0v) is 10.5. The third kappa shape index (κ3) is 2.33. The van der Waals surface area contributed by atoms with Gasteiger partial charge >= 0.3 is 0 Å². The van der Waals surface area contributed by atoms with Crippen molar-refractivity contribution in [1.29, 1.82) is 0 Å². The van der Waals surface area contributed by atoms with E-state index in [0.29, 0.717) is 0 Å². The molecule has 0 aromatic heterocycles. The molecule has 16 heavy (non-hydrogen) atoms. The Bertz CT molecular complexity index is 399. The number of aliphatic hydroxyl groups excluding tert-OH is 1. The van der Waals surface area contributed by atoms with Crippen molar-refractivity contribution in [2.75, 3.05) is 6.61 Å². The Labute approximate surface area is 101 Å². The lowest BCUT2D eigenvalue weighted by Crippen LogP contribution is -2.24. The van der Waals surface area contributed by atoms with Gasteiger partial charge in [0.25, 0.3) is 0 Å². The van der Waals surface area contributed by atoms with Crippen LogP contribution in [0.1, 0.15) is 31.4 Å². The van der Waals surface area contributed by atoms with Gasteiger partial charge in [0.05, 0.1) is 0 Å². The lowest BCUT2D eigenvalue weighted by atomic mass is 9.99. The zero-order valence-electron chi connectivity index (χ0n) is 9.72. The SMILES string of the molecule is CC1(C)Cc2cc(Cl)cc(CCCO)c2O1. The lowest BCUT2D eigenvalue weighted by Gasteiger charge is -2.18. The molecule has 0 bridgehead atoms. The second-order valence-corrected chi connectivity index (χ2v) is 5.36. The first-order chi connectivity index (χ1) is 7.52. The molecule has 0 fully saturated rings. The summed E-state index contributed by atoms with van der Waals surface area (Å²) in [4.78, 5) is 0. The van der Waals surface area contributed by atoms with E-state index in [2.05, 4.69) is 13.8 Å². The lowest BCUT2D eigenvalue weighted by molar-refractivity contribution is 0.137. The monoisotopic (exact) mass is 240 g/mol. The summed E-state index contributed by atoms with van der Waals surface area (Å²) in [5.41, 5.74) is 2.16. The van der Waals surface area contributed by atoms with Crippen LogP contribution in [0.3, 0.4) is 0 Å². The standard InChI is InChI=1S/C13H17ClO2/c1-13(2)8-10-7-11(14)6-9(4-3-5-15)12(10)16-13/h6-7,15H,3-5,8H2,1-2H3. The van der Waals surface area contributed by atoms with Gasteiger partial charge in [0.15, 0.2) is 0 Å². The number of halogens is 1. The molecule has 1 aliphatic heterocycles. The molecule has 1 heterocycles. The van der Waals surface area contributed by atoms with E-state index in [0.717, 1.165) is 35.6 Å². The molecular weight excluding hydrogens is 224 g/mol. The third-order valence-corrected chi connectivity index (χ3v) is 3.02. The largest absolute Gasteiger partial charge is 0.487 e. The number of benzene rings is 1. The molecular formula is C13H17ClO2. The van der Waals surface area contributed by atoms with Crippen molar-refractivity contribution < 1.29 is 9.84 Å². The number of fused-ring (bicyclic) bond motifs is 1. The van der Waals surface area contributed by atoms with Gasteiger partial charge in [-0.05, 0) is 49.9 Å². The van der Waals surface area contributed by atoms with Crippen molar-refractivity contribution in [3.63, 3.8) is 0 Å². The summed E-state index contributed by atoms with van der Waals surface area (Å²) in [6.07, 6.45) is 2.46. The Kier molecular flexibility index (Phi) is 3.13. The van der Waals surface area contributed by atoms with Crippen molar-refractivity contribution in [2.24, 2.45) is 0 Å². The Hall–Kier alpha value is -0.730. The maximum atomic E-state index is 8.87. The summed E-state index contributed by atoms with van der Waals surface area (Å²) in [7, 11) is 0. The van der Waals surface area contributed by atoms with Gasteiger partial charge in [-0.15, -0.1) is 0 Å². The minimum atomic E-state index is -0.138. The van der Waals surface area contributed by atoms with Crippen molar-refractivity contribution in [1.82, 2.24) is 0 Å². The summed E-state index contributed by atoms with van der Waals surface area (Å²) >= 11 is 6.08. The van der Waals surface area contributed by atoms with E-state index in [-0.39, 0.29) is 12.2 Å². The average Bonchev–Trinajstić information content (AvgIpc) is 2.48. The Morgan fingerprint density at radius 3 is 2.88 bits per heavy atom. The molecule has 2 nitrogen and oxygen atoms in total. The molecule has 1 aromatic rings. The van der Waals surface area contributed by atoms with E-state index in [4.69, 9.17) is 21.4 Å². The van der Waals surface area contributed by atoms with Crippen LogP contribution in [0.4, 0.5) is 0 Å². The fraction of sp³-hybridized carbons (Fsp3) is 0.538. The highest BCUT2D eigenvalue weighted by Gasteiger charge is 2.31.